The van der Waals surface area contributed by atoms with Crippen molar-refractivity contribution in [1.82, 2.24) is 0 Å². The maximum Gasteiger partial charge on any atom is 0.333 e. The zero-order chi connectivity index (χ0) is 14.2. The first kappa shape index (κ1) is 16.9. The van der Waals surface area contributed by atoms with Crippen LogP contribution < -0.4 is 0 Å². The molecule has 106 valence electrons. The van der Waals surface area contributed by atoms with Crippen LogP contribution in [0.4, 0.5) is 17.6 Å². The van der Waals surface area contributed by atoms with Gasteiger partial charge in [0.25, 0.3) is 0 Å². The summed E-state index contributed by atoms with van der Waals surface area (Å²) in [4.78, 5) is 10.9. The van der Waals surface area contributed by atoms with Gasteiger partial charge in [-0.05, 0) is 19.8 Å². The molecule has 0 aromatic carbocycles. The van der Waals surface area contributed by atoms with Gasteiger partial charge in [-0.15, -0.1) is 0 Å². The first-order chi connectivity index (χ1) is 8.27. The molecular formula is C12H18F4O2. The van der Waals surface area contributed by atoms with Gasteiger partial charge in [-0.25, -0.2) is 22.4 Å². The minimum atomic E-state index is -3.90. The summed E-state index contributed by atoms with van der Waals surface area (Å²) in [5, 5.41) is 0. The van der Waals surface area contributed by atoms with Crippen molar-refractivity contribution in [2.45, 2.75) is 51.4 Å². The zero-order valence-electron chi connectivity index (χ0n) is 10.4. The lowest BCUT2D eigenvalue weighted by atomic mass is 10.1. The number of carbonyl (C=O) groups excluding carboxylic acids is 1. The lowest BCUT2D eigenvalue weighted by Gasteiger charge is -2.14. The van der Waals surface area contributed by atoms with Gasteiger partial charge in [-0.3, -0.25) is 0 Å². The number of carbonyl (C=O) groups is 1. The van der Waals surface area contributed by atoms with Crippen molar-refractivity contribution in [2.75, 3.05) is 6.61 Å². The Bertz CT molecular complexity index is 277. The molecule has 0 spiro atoms. The van der Waals surface area contributed by atoms with Crippen molar-refractivity contribution < 1.29 is 27.1 Å². The number of alkyl halides is 4. The summed E-state index contributed by atoms with van der Waals surface area (Å²) in [7, 11) is 0. The average molecular weight is 270 g/mol. The fourth-order valence-electron chi connectivity index (χ4n) is 1.21. The lowest BCUT2D eigenvalue weighted by Crippen LogP contribution is -2.26. The zero-order valence-corrected chi connectivity index (χ0v) is 10.4. The molecule has 0 aromatic rings. The summed E-state index contributed by atoms with van der Waals surface area (Å²) in [6.45, 7) is 5.11. The van der Waals surface area contributed by atoms with Gasteiger partial charge >= 0.3 is 18.3 Å². The molecule has 0 aliphatic heterocycles. The Morgan fingerprint density at radius 3 is 2.28 bits per heavy atom. The monoisotopic (exact) mass is 270 g/mol. The van der Waals surface area contributed by atoms with Gasteiger partial charge < -0.3 is 4.74 Å². The summed E-state index contributed by atoms with van der Waals surface area (Å²) in [5.41, 5.74) is 0.298. The number of hydrogen-bond donors (Lipinski definition) is 0. The normalized spacial score (nSPS) is 11.7. The second kappa shape index (κ2) is 8.11. The van der Waals surface area contributed by atoms with Crippen LogP contribution in [-0.4, -0.2) is 24.9 Å². The molecule has 0 amide bonds. The van der Waals surface area contributed by atoms with E-state index in [1.54, 1.807) is 0 Å². The van der Waals surface area contributed by atoms with Gasteiger partial charge in [0.15, 0.2) is 0 Å². The smallest absolute Gasteiger partial charge is 0.333 e. The maximum atomic E-state index is 12.5. The van der Waals surface area contributed by atoms with Gasteiger partial charge in [0.2, 0.25) is 0 Å². The van der Waals surface area contributed by atoms with Crippen LogP contribution in [0, 0.1) is 0 Å². The van der Waals surface area contributed by atoms with E-state index in [0.717, 1.165) is 0 Å². The molecule has 6 heteroatoms. The van der Waals surface area contributed by atoms with E-state index in [1.807, 2.05) is 0 Å². The van der Waals surface area contributed by atoms with E-state index in [-0.39, 0.29) is 13.0 Å². The molecule has 0 heterocycles. The number of rotatable bonds is 9. The van der Waals surface area contributed by atoms with Gasteiger partial charge in [-0.1, -0.05) is 19.4 Å². The highest BCUT2D eigenvalue weighted by atomic mass is 19.3. The predicted octanol–water partition coefficient (Wildman–Crippen LogP) is 3.96. The molecule has 0 bridgehead atoms. The van der Waals surface area contributed by atoms with Gasteiger partial charge in [0, 0.05) is 12.0 Å². The molecule has 0 aliphatic rings. The lowest BCUT2D eigenvalue weighted by molar-refractivity contribution is -0.139. The second-order valence-electron chi connectivity index (χ2n) is 4.14. The third-order valence-electron chi connectivity index (χ3n) is 2.31. The van der Waals surface area contributed by atoms with E-state index >= 15 is 0 Å². The van der Waals surface area contributed by atoms with Crippen molar-refractivity contribution in [3.8, 4) is 0 Å². The van der Waals surface area contributed by atoms with Crippen molar-refractivity contribution in [3.63, 3.8) is 0 Å². The number of esters is 1. The maximum absolute atomic E-state index is 12.5. The third-order valence-corrected chi connectivity index (χ3v) is 2.31. The molecule has 0 saturated carbocycles. The predicted molar refractivity (Wildman–Crippen MR) is 59.8 cm³/mol. The SMILES string of the molecule is C=C(C)C(=O)OCCCCCCC(F)(F)C(F)F. The molecule has 0 atom stereocenters. The van der Waals surface area contributed by atoms with Crippen LogP contribution in [0.15, 0.2) is 12.2 Å². The Balaban J connectivity index is 3.47. The van der Waals surface area contributed by atoms with Crippen LogP contribution in [-0.2, 0) is 9.53 Å². The Morgan fingerprint density at radius 2 is 1.78 bits per heavy atom. The minimum absolute atomic E-state index is 0.0335. The van der Waals surface area contributed by atoms with E-state index in [0.29, 0.717) is 24.8 Å². The summed E-state index contributed by atoms with van der Waals surface area (Å²) < 4.78 is 53.3. The van der Waals surface area contributed by atoms with E-state index in [1.165, 1.54) is 6.92 Å². The topological polar surface area (TPSA) is 26.3 Å². The molecule has 0 rings (SSSR count). The van der Waals surface area contributed by atoms with Gasteiger partial charge in [-0.2, -0.15) is 0 Å². The molecule has 0 fully saturated rings. The number of unbranched alkanes of at least 4 members (excludes halogenated alkanes) is 3. The van der Waals surface area contributed by atoms with Crippen LogP contribution >= 0.6 is 0 Å². The fourth-order valence-corrected chi connectivity index (χ4v) is 1.21. The third kappa shape index (κ3) is 7.29. The van der Waals surface area contributed by atoms with Crippen LogP contribution in [0.5, 0.6) is 0 Å². The van der Waals surface area contributed by atoms with Crippen molar-refractivity contribution in [2.24, 2.45) is 0 Å². The molecule has 2 nitrogen and oxygen atoms in total. The molecular weight excluding hydrogens is 252 g/mol. The second-order valence-corrected chi connectivity index (χ2v) is 4.14. The summed E-state index contributed by atoms with van der Waals surface area (Å²) in [6, 6.07) is 0. The molecule has 18 heavy (non-hydrogen) atoms. The Morgan fingerprint density at radius 1 is 1.22 bits per heavy atom. The number of halogens is 4. The van der Waals surface area contributed by atoms with Gasteiger partial charge in [0.1, 0.15) is 0 Å². The first-order valence-corrected chi connectivity index (χ1v) is 5.76. The van der Waals surface area contributed by atoms with Crippen molar-refractivity contribution in [3.05, 3.63) is 12.2 Å². The largest absolute Gasteiger partial charge is 0.462 e. The molecule has 0 unspecified atom stereocenters. The van der Waals surface area contributed by atoms with Crippen LogP contribution in [0.1, 0.15) is 39.0 Å². The van der Waals surface area contributed by atoms with E-state index in [4.69, 9.17) is 4.74 Å². The van der Waals surface area contributed by atoms with E-state index in [9.17, 15) is 22.4 Å². The van der Waals surface area contributed by atoms with Crippen LogP contribution in [0.3, 0.4) is 0 Å². The number of ether oxygens (including phenoxy) is 1. The summed E-state index contributed by atoms with van der Waals surface area (Å²) in [5.74, 6) is -4.38. The molecule has 0 aliphatic carbocycles. The molecule has 0 radical (unpaired) electrons. The first-order valence-electron chi connectivity index (χ1n) is 5.76. The highest BCUT2D eigenvalue weighted by Gasteiger charge is 2.39. The molecule has 0 saturated heterocycles. The van der Waals surface area contributed by atoms with E-state index in [2.05, 4.69) is 6.58 Å². The summed E-state index contributed by atoms with van der Waals surface area (Å²) in [6.07, 6.45) is -2.88. The minimum Gasteiger partial charge on any atom is -0.462 e. The van der Waals surface area contributed by atoms with E-state index < -0.39 is 24.7 Å². The van der Waals surface area contributed by atoms with Crippen LogP contribution in [0.25, 0.3) is 0 Å². The fraction of sp³-hybridized carbons (Fsp3) is 0.750. The number of hydrogen-bond acceptors (Lipinski definition) is 2. The quantitative estimate of drug-likeness (QED) is 0.274. The van der Waals surface area contributed by atoms with Crippen molar-refractivity contribution >= 4 is 5.97 Å². The molecule has 0 aromatic heterocycles. The standard InChI is InChI=1S/C12H18F4O2/c1-9(2)10(17)18-8-6-4-3-5-7-12(15,16)11(13)14/h11H,1,3-8H2,2H3. The van der Waals surface area contributed by atoms with Crippen LogP contribution in [0.2, 0.25) is 0 Å². The summed E-state index contributed by atoms with van der Waals surface area (Å²) >= 11 is 0. The Labute approximate surface area is 104 Å². The molecule has 0 N–H and O–H groups in total. The Hall–Kier alpha value is -1.07. The highest BCUT2D eigenvalue weighted by Crippen LogP contribution is 2.28. The Kier molecular flexibility index (Phi) is 7.62. The highest BCUT2D eigenvalue weighted by molar-refractivity contribution is 5.86. The van der Waals surface area contributed by atoms with Gasteiger partial charge in [0.05, 0.1) is 6.61 Å². The average Bonchev–Trinajstić information content (AvgIpc) is 2.26. The van der Waals surface area contributed by atoms with Crippen molar-refractivity contribution in [1.29, 1.82) is 0 Å².